The van der Waals surface area contributed by atoms with Crippen molar-refractivity contribution >= 4 is 0 Å². The van der Waals surface area contributed by atoms with Gasteiger partial charge in [0.05, 0.1) is 0 Å². The van der Waals surface area contributed by atoms with Gasteiger partial charge in [-0.1, -0.05) is 38.1 Å². The molecule has 0 spiro atoms. The summed E-state index contributed by atoms with van der Waals surface area (Å²) < 4.78 is 0. The highest BCUT2D eigenvalue weighted by Crippen LogP contribution is 2.22. The molecule has 2 aromatic rings. The molecular formula is C16H20N2. The van der Waals surface area contributed by atoms with Crippen molar-refractivity contribution in [3.8, 4) is 11.1 Å². The summed E-state index contributed by atoms with van der Waals surface area (Å²) >= 11 is 0. The molecule has 1 aromatic heterocycles. The highest BCUT2D eigenvalue weighted by atomic mass is 14.8. The molecule has 2 rings (SSSR count). The number of benzene rings is 1. The number of aromatic nitrogens is 1. The normalized spacial score (nSPS) is 10.9. The lowest BCUT2D eigenvalue weighted by Crippen LogP contribution is -2.05. The van der Waals surface area contributed by atoms with E-state index < -0.39 is 0 Å². The number of nitrogens with one attached hydrogen (secondary N) is 1. The van der Waals surface area contributed by atoms with Crippen molar-refractivity contribution in [2.45, 2.75) is 26.3 Å². The summed E-state index contributed by atoms with van der Waals surface area (Å²) in [6.07, 6.45) is 3.83. The van der Waals surface area contributed by atoms with Crippen LogP contribution in [0.15, 0.2) is 42.7 Å². The van der Waals surface area contributed by atoms with Gasteiger partial charge in [0, 0.05) is 24.5 Å². The van der Waals surface area contributed by atoms with Gasteiger partial charge in [-0.05, 0) is 35.7 Å². The Morgan fingerprint density at radius 2 is 1.78 bits per heavy atom. The summed E-state index contributed by atoms with van der Waals surface area (Å²) in [6.45, 7) is 5.28. The van der Waals surface area contributed by atoms with Gasteiger partial charge < -0.3 is 5.32 Å². The van der Waals surface area contributed by atoms with Crippen LogP contribution in [0.4, 0.5) is 0 Å². The maximum atomic E-state index is 4.30. The van der Waals surface area contributed by atoms with Crippen LogP contribution in [-0.4, -0.2) is 12.0 Å². The fraction of sp³-hybridized carbons (Fsp3) is 0.312. The second-order valence-corrected chi connectivity index (χ2v) is 4.89. The molecule has 18 heavy (non-hydrogen) atoms. The molecule has 0 aliphatic carbocycles. The third-order valence-electron chi connectivity index (χ3n) is 3.09. The van der Waals surface area contributed by atoms with E-state index in [4.69, 9.17) is 0 Å². The molecule has 0 radical (unpaired) electrons. The molecule has 0 unspecified atom stereocenters. The molecule has 0 aliphatic heterocycles. The Kier molecular flexibility index (Phi) is 4.11. The van der Waals surface area contributed by atoms with Gasteiger partial charge in [-0.15, -0.1) is 0 Å². The predicted octanol–water partition coefficient (Wildman–Crippen LogP) is 3.59. The van der Waals surface area contributed by atoms with Gasteiger partial charge in [-0.2, -0.15) is 0 Å². The molecular weight excluding hydrogens is 220 g/mol. The second kappa shape index (κ2) is 5.78. The van der Waals surface area contributed by atoms with Crippen LogP contribution in [0.3, 0.4) is 0 Å². The lowest BCUT2D eigenvalue weighted by Gasteiger charge is -2.08. The first kappa shape index (κ1) is 12.8. The average molecular weight is 240 g/mol. The Morgan fingerprint density at radius 3 is 2.39 bits per heavy atom. The van der Waals surface area contributed by atoms with E-state index in [2.05, 4.69) is 54.5 Å². The van der Waals surface area contributed by atoms with Gasteiger partial charge >= 0.3 is 0 Å². The average Bonchev–Trinajstić information content (AvgIpc) is 2.39. The zero-order valence-corrected chi connectivity index (χ0v) is 11.3. The monoisotopic (exact) mass is 240 g/mol. The van der Waals surface area contributed by atoms with E-state index in [0.717, 1.165) is 6.54 Å². The van der Waals surface area contributed by atoms with Crippen LogP contribution >= 0.6 is 0 Å². The first-order valence-corrected chi connectivity index (χ1v) is 6.39. The van der Waals surface area contributed by atoms with Crippen molar-refractivity contribution < 1.29 is 0 Å². The number of hydrogen-bond donors (Lipinski definition) is 1. The van der Waals surface area contributed by atoms with Crippen LogP contribution in [0.25, 0.3) is 11.1 Å². The van der Waals surface area contributed by atoms with Crippen LogP contribution < -0.4 is 5.32 Å². The van der Waals surface area contributed by atoms with E-state index in [-0.39, 0.29) is 0 Å². The van der Waals surface area contributed by atoms with Crippen LogP contribution in [0.1, 0.15) is 30.9 Å². The Balaban J connectivity index is 2.27. The van der Waals surface area contributed by atoms with Gasteiger partial charge in [0.15, 0.2) is 0 Å². The van der Waals surface area contributed by atoms with Crippen molar-refractivity contribution in [2.24, 2.45) is 0 Å². The molecule has 2 heteroatoms. The Morgan fingerprint density at radius 1 is 1.06 bits per heavy atom. The Bertz CT molecular complexity index is 501. The SMILES string of the molecule is CNCc1cncc(-c2ccc(C(C)C)cc2)c1. The minimum Gasteiger partial charge on any atom is -0.316 e. The molecule has 94 valence electrons. The third kappa shape index (κ3) is 2.96. The smallest absolute Gasteiger partial charge is 0.0346 e. The topological polar surface area (TPSA) is 24.9 Å². The van der Waals surface area contributed by atoms with E-state index in [9.17, 15) is 0 Å². The Hall–Kier alpha value is -1.67. The van der Waals surface area contributed by atoms with Crippen LogP contribution in [-0.2, 0) is 6.54 Å². The standard InChI is InChI=1S/C16H20N2/c1-12(2)14-4-6-15(7-5-14)16-8-13(9-17-3)10-18-11-16/h4-8,10-12,17H,9H2,1-3H3. The lowest BCUT2D eigenvalue weighted by molar-refractivity contribution is 0.813. The molecule has 0 bridgehead atoms. The summed E-state index contributed by atoms with van der Waals surface area (Å²) in [6, 6.07) is 10.9. The molecule has 1 aromatic carbocycles. The minimum atomic E-state index is 0.577. The quantitative estimate of drug-likeness (QED) is 0.883. The number of pyridine rings is 1. The molecule has 2 nitrogen and oxygen atoms in total. The lowest BCUT2D eigenvalue weighted by atomic mass is 9.99. The van der Waals surface area contributed by atoms with E-state index in [1.807, 2.05) is 19.4 Å². The van der Waals surface area contributed by atoms with Crippen molar-refractivity contribution in [1.29, 1.82) is 0 Å². The molecule has 1 N–H and O–H groups in total. The summed E-state index contributed by atoms with van der Waals surface area (Å²) in [7, 11) is 1.95. The van der Waals surface area contributed by atoms with Gasteiger partial charge in [0.1, 0.15) is 0 Å². The third-order valence-corrected chi connectivity index (χ3v) is 3.09. The van der Waals surface area contributed by atoms with Crippen molar-refractivity contribution in [3.05, 3.63) is 53.9 Å². The summed E-state index contributed by atoms with van der Waals surface area (Å²) in [5, 5.41) is 3.15. The van der Waals surface area contributed by atoms with E-state index in [1.165, 1.54) is 22.3 Å². The van der Waals surface area contributed by atoms with Crippen LogP contribution in [0.2, 0.25) is 0 Å². The number of nitrogens with zero attached hydrogens (tertiary/aromatic N) is 1. The molecule has 0 fully saturated rings. The first-order chi connectivity index (χ1) is 8.70. The van der Waals surface area contributed by atoms with Gasteiger partial charge in [-0.3, -0.25) is 4.98 Å². The molecule has 0 aliphatic rings. The minimum absolute atomic E-state index is 0.577. The highest BCUT2D eigenvalue weighted by Gasteiger charge is 2.02. The molecule has 0 saturated carbocycles. The van der Waals surface area contributed by atoms with Gasteiger partial charge in [0.25, 0.3) is 0 Å². The van der Waals surface area contributed by atoms with Crippen LogP contribution in [0.5, 0.6) is 0 Å². The first-order valence-electron chi connectivity index (χ1n) is 6.39. The predicted molar refractivity (Wildman–Crippen MR) is 76.5 cm³/mol. The molecule has 1 heterocycles. The molecule has 0 amide bonds. The number of hydrogen-bond acceptors (Lipinski definition) is 2. The van der Waals surface area contributed by atoms with Gasteiger partial charge in [-0.25, -0.2) is 0 Å². The maximum Gasteiger partial charge on any atom is 0.0346 e. The fourth-order valence-electron chi connectivity index (χ4n) is 2.01. The summed E-state index contributed by atoms with van der Waals surface area (Å²) in [5.74, 6) is 0.577. The Labute approximate surface area is 109 Å². The zero-order valence-electron chi connectivity index (χ0n) is 11.3. The molecule has 0 atom stereocenters. The zero-order chi connectivity index (χ0) is 13.0. The number of rotatable bonds is 4. The van der Waals surface area contributed by atoms with E-state index in [1.54, 1.807) is 0 Å². The van der Waals surface area contributed by atoms with Gasteiger partial charge in [0.2, 0.25) is 0 Å². The van der Waals surface area contributed by atoms with Crippen molar-refractivity contribution in [3.63, 3.8) is 0 Å². The maximum absolute atomic E-state index is 4.30. The fourth-order valence-corrected chi connectivity index (χ4v) is 2.01. The van der Waals surface area contributed by atoms with E-state index in [0.29, 0.717) is 5.92 Å². The summed E-state index contributed by atoms with van der Waals surface area (Å²) in [4.78, 5) is 4.30. The summed E-state index contributed by atoms with van der Waals surface area (Å²) in [5.41, 5.74) is 4.99. The second-order valence-electron chi connectivity index (χ2n) is 4.89. The van der Waals surface area contributed by atoms with Crippen LogP contribution in [0, 0.1) is 0 Å². The van der Waals surface area contributed by atoms with Crippen molar-refractivity contribution in [1.82, 2.24) is 10.3 Å². The molecule has 0 saturated heterocycles. The van der Waals surface area contributed by atoms with E-state index >= 15 is 0 Å². The van der Waals surface area contributed by atoms with Crippen molar-refractivity contribution in [2.75, 3.05) is 7.05 Å². The highest BCUT2D eigenvalue weighted by molar-refractivity contribution is 5.63. The largest absolute Gasteiger partial charge is 0.316 e.